The molecule has 2 N–H and O–H groups in total. The number of nitrogens with one attached hydrogen (secondary N) is 1. The van der Waals surface area contributed by atoms with E-state index in [0.29, 0.717) is 12.2 Å². The maximum atomic E-state index is 12.0. The smallest absolute Gasteiger partial charge is 0.334 e. The van der Waals surface area contributed by atoms with E-state index in [2.05, 4.69) is 21.2 Å². The number of carbonyl (C=O) groups is 2. The zero-order valence-corrected chi connectivity index (χ0v) is 11.6. The fourth-order valence-corrected chi connectivity index (χ4v) is 1.98. The number of carboxylic acids is 1. The number of nitrogens with zero attached hydrogens (tertiary/aromatic N) is 1. The molecule has 1 unspecified atom stereocenters. The van der Waals surface area contributed by atoms with Crippen molar-refractivity contribution in [3.05, 3.63) is 28.7 Å². The highest BCUT2D eigenvalue weighted by Gasteiger charge is 2.28. The number of hydrogen-bond acceptors (Lipinski definition) is 3. The number of hydrogen-bond donors (Lipinski definition) is 2. The summed E-state index contributed by atoms with van der Waals surface area (Å²) >= 11 is 3.31. The molecule has 1 heterocycles. The Hall–Kier alpha value is -1.60. The normalized spacial score (nSPS) is 19.0. The highest BCUT2D eigenvalue weighted by molar-refractivity contribution is 9.10. The van der Waals surface area contributed by atoms with Gasteiger partial charge in [-0.2, -0.15) is 0 Å². The van der Waals surface area contributed by atoms with Crippen LogP contribution in [0.5, 0.6) is 0 Å². The molecule has 0 saturated carbocycles. The molecule has 1 aromatic carbocycles. The topological polar surface area (TPSA) is 78.9 Å². The van der Waals surface area contributed by atoms with Crippen molar-refractivity contribution in [1.29, 1.82) is 0 Å². The maximum Gasteiger partial charge on any atom is 0.334 e. The third kappa shape index (κ3) is 3.68. The summed E-state index contributed by atoms with van der Waals surface area (Å²) in [6, 6.07) is 6.83. The number of aliphatic carboxylic acids is 1. The molecule has 7 heteroatoms. The third-order valence-corrected chi connectivity index (χ3v) is 3.25. The number of morpholine rings is 1. The minimum Gasteiger partial charge on any atom is -0.479 e. The van der Waals surface area contributed by atoms with E-state index in [1.54, 1.807) is 12.1 Å². The number of carboxylic acid groups (broad SMARTS) is 1. The summed E-state index contributed by atoms with van der Waals surface area (Å²) in [5.74, 6) is -1.05. The monoisotopic (exact) mass is 328 g/mol. The quantitative estimate of drug-likeness (QED) is 0.867. The molecule has 0 bridgehead atoms. The number of benzene rings is 1. The van der Waals surface area contributed by atoms with E-state index < -0.39 is 12.1 Å². The van der Waals surface area contributed by atoms with Crippen LogP contribution in [-0.4, -0.2) is 47.8 Å². The standard InChI is InChI=1S/C12H13BrN2O4/c13-8-1-3-9(4-2-8)14-12(18)15-5-6-19-10(7-15)11(16)17/h1-4,10H,5-7H2,(H,14,18)(H,16,17). The van der Waals surface area contributed by atoms with Crippen LogP contribution < -0.4 is 5.32 Å². The van der Waals surface area contributed by atoms with E-state index >= 15 is 0 Å². The lowest BCUT2D eigenvalue weighted by molar-refractivity contribution is -0.154. The molecular formula is C12H13BrN2O4. The van der Waals surface area contributed by atoms with Crippen LogP contribution in [-0.2, 0) is 9.53 Å². The molecule has 0 spiro atoms. The molecule has 1 aliphatic rings. The van der Waals surface area contributed by atoms with Gasteiger partial charge in [0.25, 0.3) is 0 Å². The number of anilines is 1. The molecule has 0 aromatic heterocycles. The molecule has 19 heavy (non-hydrogen) atoms. The highest BCUT2D eigenvalue weighted by atomic mass is 79.9. The summed E-state index contributed by atoms with van der Waals surface area (Å²) in [5, 5.41) is 11.6. The molecular weight excluding hydrogens is 316 g/mol. The molecule has 1 saturated heterocycles. The summed E-state index contributed by atoms with van der Waals surface area (Å²) in [6.45, 7) is 0.661. The van der Waals surface area contributed by atoms with Crippen LogP contribution in [0.4, 0.5) is 10.5 Å². The number of amides is 2. The number of halogens is 1. The van der Waals surface area contributed by atoms with Crippen LogP contribution in [0.2, 0.25) is 0 Å². The van der Waals surface area contributed by atoms with Gasteiger partial charge in [-0.3, -0.25) is 0 Å². The van der Waals surface area contributed by atoms with E-state index in [4.69, 9.17) is 9.84 Å². The van der Waals surface area contributed by atoms with Gasteiger partial charge in [-0.05, 0) is 24.3 Å². The first-order chi connectivity index (χ1) is 9.06. The van der Waals surface area contributed by atoms with Gasteiger partial charge in [0.15, 0.2) is 6.10 Å². The zero-order chi connectivity index (χ0) is 13.8. The minimum absolute atomic E-state index is 0.0533. The Labute approximate surface area is 118 Å². The number of carbonyl (C=O) groups excluding carboxylic acids is 1. The molecule has 2 amide bonds. The molecule has 0 radical (unpaired) electrons. The minimum atomic E-state index is -1.05. The number of ether oxygens (including phenoxy) is 1. The first-order valence-electron chi connectivity index (χ1n) is 5.72. The van der Waals surface area contributed by atoms with Crippen molar-refractivity contribution in [3.8, 4) is 0 Å². The molecule has 1 fully saturated rings. The second-order valence-electron chi connectivity index (χ2n) is 4.08. The predicted octanol–water partition coefficient (Wildman–Crippen LogP) is 1.77. The van der Waals surface area contributed by atoms with E-state index in [1.165, 1.54) is 4.90 Å². The second-order valence-corrected chi connectivity index (χ2v) is 5.00. The van der Waals surface area contributed by atoms with Crippen molar-refractivity contribution in [1.82, 2.24) is 4.90 Å². The van der Waals surface area contributed by atoms with Gasteiger partial charge in [0, 0.05) is 16.7 Å². The molecule has 0 aliphatic carbocycles. The van der Waals surface area contributed by atoms with Gasteiger partial charge < -0.3 is 20.1 Å². The fraction of sp³-hybridized carbons (Fsp3) is 0.333. The Morgan fingerprint density at radius 1 is 1.37 bits per heavy atom. The Bertz CT molecular complexity index is 477. The van der Waals surface area contributed by atoms with Gasteiger partial charge in [-0.1, -0.05) is 15.9 Å². The van der Waals surface area contributed by atoms with Crippen molar-refractivity contribution in [2.75, 3.05) is 25.0 Å². The third-order valence-electron chi connectivity index (χ3n) is 2.72. The van der Waals surface area contributed by atoms with Crippen molar-refractivity contribution >= 4 is 33.6 Å². The van der Waals surface area contributed by atoms with E-state index in [-0.39, 0.29) is 19.2 Å². The van der Waals surface area contributed by atoms with Crippen molar-refractivity contribution < 1.29 is 19.4 Å². The first kappa shape index (κ1) is 13.8. The summed E-state index contributed by atoms with van der Waals surface area (Å²) in [7, 11) is 0. The zero-order valence-electron chi connectivity index (χ0n) is 10.0. The van der Waals surface area contributed by atoms with Crippen LogP contribution in [0.15, 0.2) is 28.7 Å². The maximum absolute atomic E-state index is 12.0. The largest absolute Gasteiger partial charge is 0.479 e. The number of rotatable bonds is 2. The summed E-state index contributed by atoms with van der Waals surface area (Å²) in [5.41, 5.74) is 0.659. The molecule has 1 aliphatic heterocycles. The SMILES string of the molecule is O=C(O)C1CN(C(=O)Nc2ccc(Br)cc2)CCO1. The Kier molecular flexibility index (Phi) is 4.39. The highest BCUT2D eigenvalue weighted by Crippen LogP contribution is 2.15. The first-order valence-corrected chi connectivity index (χ1v) is 6.51. The molecule has 6 nitrogen and oxygen atoms in total. The molecule has 2 rings (SSSR count). The van der Waals surface area contributed by atoms with Gasteiger partial charge in [0.1, 0.15) is 0 Å². The lowest BCUT2D eigenvalue weighted by Crippen LogP contribution is -2.49. The molecule has 1 aromatic rings. The molecule has 102 valence electrons. The summed E-state index contributed by atoms with van der Waals surface area (Å²) in [6.07, 6.45) is -0.954. The van der Waals surface area contributed by atoms with Crippen LogP contribution in [0.3, 0.4) is 0 Å². The summed E-state index contributed by atoms with van der Waals surface area (Å²) in [4.78, 5) is 24.2. The van der Waals surface area contributed by atoms with Crippen LogP contribution in [0.25, 0.3) is 0 Å². The average molecular weight is 329 g/mol. The number of urea groups is 1. The lowest BCUT2D eigenvalue weighted by Gasteiger charge is -2.30. The van der Waals surface area contributed by atoms with Gasteiger partial charge in [0.2, 0.25) is 0 Å². The van der Waals surface area contributed by atoms with E-state index in [9.17, 15) is 9.59 Å². The van der Waals surface area contributed by atoms with Crippen molar-refractivity contribution in [3.63, 3.8) is 0 Å². The lowest BCUT2D eigenvalue weighted by atomic mass is 10.3. The van der Waals surface area contributed by atoms with Crippen LogP contribution >= 0.6 is 15.9 Å². The summed E-state index contributed by atoms with van der Waals surface area (Å²) < 4.78 is 5.98. The average Bonchev–Trinajstić information content (AvgIpc) is 2.41. The van der Waals surface area contributed by atoms with E-state index in [0.717, 1.165) is 4.47 Å². The van der Waals surface area contributed by atoms with Crippen molar-refractivity contribution in [2.45, 2.75) is 6.10 Å². The van der Waals surface area contributed by atoms with Gasteiger partial charge in [-0.15, -0.1) is 0 Å². The Morgan fingerprint density at radius 2 is 2.05 bits per heavy atom. The predicted molar refractivity (Wildman–Crippen MR) is 72.1 cm³/mol. The van der Waals surface area contributed by atoms with E-state index in [1.807, 2.05) is 12.1 Å². The Morgan fingerprint density at radius 3 is 2.68 bits per heavy atom. The van der Waals surface area contributed by atoms with Gasteiger partial charge >= 0.3 is 12.0 Å². The van der Waals surface area contributed by atoms with Crippen LogP contribution in [0.1, 0.15) is 0 Å². The van der Waals surface area contributed by atoms with Gasteiger partial charge in [-0.25, -0.2) is 9.59 Å². The van der Waals surface area contributed by atoms with Gasteiger partial charge in [0.05, 0.1) is 13.2 Å². The fourth-order valence-electron chi connectivity index (χ4n) is 1.72. The van der Waals surface area contributed by atoms with Crippen molar-refractivity contribution in [2.24, 2.45) is 0 Å². The van der Waals surface area contributed by atoms with Crippen LogP contribution in [0, 0.1) is 0 Å². The molecule has 1 atom stereocenters. The second kappa shape index (κ2) is 6.03. The Balaban J connectivity index is 1.96.